The molecule has 0 saturated heterocycles. The van der Waals surface area contributed by atoms with E-state index >= 15 is 0 Å². The predicted octanol–water partition coefficient (Wildman–Crippen LogP) is 4.94. The van der Waals surface area contributed by atoms with Crippen LogP contribution in [0.4, 0.5) is 0 Å². The quantitative estimate of drug-likeness (QED) is 0.466. The van der Waals surface area contributed by atoms with Gasteiger partial charge >= 0.3 is 11.9 Å². The summed E-state index contributed by atoms with van der Waals surface area (Å²) in [5.74, 6) is -1.78. The van der Waals surface area contributed by atoms with Gasteiger partial charge in [0.25, 0.3) is 0 Å². The smallest absolute Gasteiger partial charge is 0.338 e. The minimum Gasteiger partial charge on any atom is -0.497 e. The number of ether oxygens (including phenoxy) is 1. The Bertz CT molecular complexity index is 1220. The number of rotatable bonds is 7. The zero-order chi connectivity index (χ0) is 20.7. The van der Waals surface area contributed by atoms with Crippen LogP contribution in [0.15, 0.2) is 42.5 Å². The second-order valence-corrected chi connectivity index (χ2v) is 7.03. The van der Waals surface area contributed by atoms with Crippen LogP contribution in [0.2, 0.25) is 0 Å². The summed E-state index contributed by atoms with van der Waals surface area (Å²) in [5.41, 5.74) is 4.02. The van der Waals surface area contributed by atoms with Crippen molar-refractivity contribution in [2.75, 3.05) is 7.11 Å². The number of benzene rings is 1. The van der Waals surface area contributed by atoms with Crippen LogP contribution in [0.5, 0.6) is 5.75 Å². The summed E-state index contributed by atoms with van der Waals surface area (Å²) >= 11 is 0. The highest BCUT2D eigenvalue weighted by Gasteiger charge is 2.31. The molecule has 1 aromatic carbocycles. The third-order valence-corrected chi connectivity index (χ3v) is 5.39. The van der Waals surface area contributed by atoms with Crippen molar-refractivity contribution in [2.45, 2.75) is 26.2 Å². The van der Waals surface area contributed by atoms with E-state index in [9.17, 15) is 19.8 Å². The minimum absolute atomic E-state index is 0.165. The molecular formula is C23H21NO5. The Labute approximate surface area is 167 Å². The molecule has 29 heavy (non-hydrogen) atoms. The van der Waals surface area contributed by atoms with Gasteiger partial charge in [-0.25, -0.2) is 9.59 Å². The molecule has 0 aliphatic carbocycles. The molecule has 0 bridgehead atoms. The largest absolute Gasteiger partial charge is 0.497 e. The SMILES string of the molecule is CCCCc1c(-c2ccc(OC)cc2)c2c(C(=O)O)c(C(=O)O)c3cccc1n32. The molecule has 3 aromatic heterocycles. The van der Waals surface area contributed by atoms with Gasteiger partial charge in [0.2, 0.25) is 0 Å². The topological polar surface area (TPSA) is 88.2 Å². The minimum atomic E-state index is -1.24. The Morgan fingerprint density at radius 2 is 1.62 bits per heavy atom. The first kappa shape index (κ1) is 18.8. The van der Waals surface area contributed by atoms with E-state index in [2.05, 4.69) is 6.92 Å². The molecule has 3 heterocycles. The summed E-state index contributed by atoms with van der Waals surface area (Å²) in [4.78, 5) is 24.1. The second-order valence-electron chi connectivity index (χ2n) is 7.03. The van der Waals surface area contributed by atoms with E-state index in [1.54, 1.807) is 23.6 Å². The number of hydrogen-bond acceptors (Lipinski definition) is 3. The summed E-state index contributed by atoms with van der Waals surface area (Å²) in [6.45, 7) is 2.11. The van der Waals surface area contributed by atoms with Crippen LogP contribution in [0, 0.1) is 0 Å². The highest BCUT2D eigenvalue weighted by Crippen LogP contribution is 2.42. The van der Waals surface area contributed by atoms with Crippen LogP contribution in [0.3, 0.4) is 0 Å². The van der Waals surface area contributed by atoms with E-state index < -0.39 is 11.9 Å². The van der Waals surface area contributed by atoms with Crippen molar-refractivity contribution in [3.05, 3.63) is 59.2 Å². The second kappa shape index (κ2) is 7.13. The van der Waals surface area contributed by atoms with Crippen LogP contribution >= 0.6 is 0 Å². The van der Waals surface area contributed by atoms with Crippen molar-refractivity contribution >= 4 is 28.5 Å². The van der Waals surface area contributed by atoms with Gasteiger partial charge in [0, 0.05) is 5.56 Å². The van der Waals surface area contributed by atoms with Crippen molar-refractivity contribution in [1.29, 1.82) is 0 Å². The van der Waals surface area contributed by atoms with Crippen LogP contribution in [-0.4, -0.2) is 33.7 Å². The lowest BCUT2D eigenvalue weighted by molar-refractivity contribution is 0.0655. The average Bonchev–Trinajstić information content (AvgIpc) is 3.23. The molecule has 0 fully saturated rings. The molecule has 4 rings (SSSR count). The first-order valence-corrected chi connectivity index (χ1v) is 9.51. The van der Waals surface area contributed by atoms with Gasteiger partial charge in [-0.1, -0.05) is 31.5 Å². The standard InChI is InChI=1S/C23H21NO5/c1-3-4-6-15-16-7-5-8-17-19(22(25)26)20(23(27)28)21(24(16)17)18(15)13-9-11-14(29-2)12-10-13/h5,7-12H,3-4,6H2,1-2H3,(H,25,26)(H,27,28). The maximum atomic E-state index is 12.2. The van der Waals surface area contributed by atoms with E-state index in [4.69, 9.17) is 4.74 Å². The first-order chi connectivity index (χ1) is 14.0. The van der Waals surface area contributed by atoms with Crippen molar-refractivity contribution in [1.82, 2.24) is 4.40 Å². The van der Waals surface area contributed by atoms with Gasteiger partial charge in [-0.15, -0.1) is 0 Å². The van der Waals surface area contributed by atoms with Crippen LogP contribution in [0.25, 0.3) is 27.7 Å². The molecule has 0 spiro atoms. The Kier molecular flexibility index (Phi) is 4.62. The first-order valence-electron chi connectivity index (χ1n) is 9.51. The van der Waals surface area contributed by atoms with Crippen LogP contribution < -0.4 is 4.74 Å². The van der Waals surface area contributed by atoms with E-state index in [0.29, 0.717) is 16.8 Å². The lowest BCUT2D eigenvalue weighted by Crippen LogP contribution is -2.06. The summed E-state index contributed by atoms with van der Waals surface area (Å²) in [6, 6.07) is 12.8. The van der Waals surface area contributed by atoms with Gasteiger partial charge in [-0.3, -0.25) is 0 Å². The number of carboxylic acids is 2. The average molecular weight is 391 g/mol. The number of methoxy groups -OCH3 is 1. The van der Waals surface area contributed by atoms with Crippen LogP contribution in [-0.2, 0) is 6.42 Å². The molecule has 0 unspecified atom stereocenters. The predicted molar refractivity (Wildman–Crippen MR) is 111 cm³/mol. The van der Waals surface area contributed by atoms with Gasteiger partial charge in [-0.2, -0.15) is 0 Å². The van der Waals surface area contributed by atoms with Gasteiger partial charge in [0.15, 0.2) is 0 Å². The third-order valence-electron chi connectivity index (χ3n) is 5.39. The Morgan fingerprint density at radius 1 is 0.966 bits per heavy atom. The van der Waals surface area contributed by atoms with Gasteiger partial charge < -0.3 is 19.4 Å². The molecule has 6 heteroatoms. The number of hydrogen-bond donors (Lipinski definition) is 2. The molecule has 0 radical (unpaired) electrons. The number of carbonyl (C=O) groups is 2. The number of nitrogens with zero attached hydrogens (tertiary/aromatic N) is 1. The molecular weight excluding hydrogens is 370 g/mol. The van der Waals surface area contributed by atoms with Crippen molar-refractivity contribution in [3.8, 4) is 16.9 Å². The van der Waals surface area contributed by atoms with Crippen molar-refractivity contribution < 1.29 is 24.5 Å². The third kappa shape index (κ3) is 2.79. The summed E-state index contributed by atoms with van der Waals surface area (Å²) < 4.78 is 7.04. The number of aromatic carboxylic acids is 2. The molecule has 0 aliphatic rings. The Hall–Kier alpha value is -3.54. The van der Waals surface area contributed by atoms with Crippen molar-refractivity contribution in [3.63, 3.8) is 0 Å². The van der Waals surface area contributed by atoms with Gasteiger partial charge in [-0.05, 0) is 48.2 Å². The summed E-state index contributed by atoms with van der Waals surface area (Å²) in [6.07, 6.45) is 2.72. The highest BCUT2D eigenvalue weighted by molar-refractivity contribution is 6.17. The summed E-state index contributed by atoms with van der Waals surface area (Å²) in [5, 5.41) is 19.7. The van der Waals surface area contributed by atoms with Gasteiger partial charge in [0.1, 0.15) is 16.9 Å². The number of carboxylic acid groups (broad SMARTS) is 2. The molecule has 0 saturated carbocycles. The molecule has 6 nitrogen and oxygen atoms in total. The number of pyridine rings is 1. The van der Waals surface area contributed by atoms with E-state index in [-0.39, 0.29) is 11.1 Å². The molecule has 2 N–H and O–H groups in total. The van der Waals surface area contributed by atoms with Gasteiger partial charge in [0.05, 0.1) is 23.7 Å². The monoisotopic (exact) mass is 391 g/mol. The zero-order valence-corrected chi connectivity index (χ0v) is 16.2. The number of aryl methyl sites for hydroxylation is 1. The molecule has 0 atom stereocenters. The highest BCUT2D eigenvalue weighted by atomic mass is 16.5. The maximum Gasteiger partial charge on any atom is 0.338 e. The van der Waals surface area contributed by atoms with E-state index in [1.807, 2.05) is 30.3 Å². The van der Waals surface area contributed by atoms with E-state index in [1.165, 1.54) is 0 Å². The normalized spacial score (nSPS) is 11.4. The fourth-order valence-corrected chi connectivity index (χ4v) is 4.15. The number of unbranched alkanes of at least 4 members (excludes halogenated alkanes) is 1. The molecule has 0 aliphatic heterocycles. The molecule has 0 amide bonds. The maximum absolute atomic E-state index is 12.2. The Balaban J connectivity index is 2.17. The fourth-order valence-electron chi connectivity index (χ4n) is 4.15. The summed E-state index contributed by atoms with van der Waals surface area (Å²) in [7, 11) is 1.59. The fraction of sp³-hybridized carbons (Fsp3) is 0.217. The Morgan fingerprint density at radius 3 is 2.21 bits per heavy atom. The lowest BCUT2D eigenvalue weighted by atomic mass is 9.95. The lowest BCUT2D eigenvalue weighted by Gasteiger charge is -2.08. The van der Waals surface area contributed by atoms with Crippen LogP contribution in [0.1, 0.15) is 46.0 Å². The van der Waals surface area contributed by atoms with E-state index in [0.717, 1.165) is 41.5 Å². The molecule has 148 valence electrons. The number of aromatic nitrogens is 1. The zero-order valence-electron chi connectivity index (χ0n) is 16.2. The van der Waals surface area contributed by atoms with Crippen molar-refractivity contribution in [2.24, 2.45) is 0 Å². The molecule has 4 aromatic rings.